The number of benzene rings is 3. The molecule has 0 aliphatic carbocycles. The third-order valence-electron chi connectivity index (χ3n) is 4.33. The van der Waals surface area contributed by atoms with Crippen LogP contribution in [-0.4, -0.2) is 34.1 Å². The summed E-state index contributed by atoms with van der Waals surface area (Å²) in [5, 5.41) is 4.67. The van der Waals surface area contributed by atoms with Crippen molar-refractivity contribution in [2.45, 2.75) is 24.8 Å². The second-order valence-electron chi connectivity index (χ2n) is 7.07. The van der Waals surface area contributed by atoms with Gasteiger partial charge in [-0.25, -0.2) is 13.1 Å². The first-order valence-electron chi connectivity index (χ1n) is 9.51. The molecule has 0 saturated carbocycles. The molecule has 0 saturated heterocycles. The number of ether oxygens (including phenoxy) is 2. The molecule has 3 aromatic carbocycles. The van der Waals surface area contributed by atoms with E-state index in [1.54, 1.807) is 19.9 Å². The van der Waals surface area contributed by atoms with Crippen molar-refractivity contribution in [3.05, 3.63) is 59.1 Å². The van der Waals surface area contributed by atoms with Gasteiger partial charge in [-0.05, 0) is 64.8 Å². The molecular weight excluding hydrogens is 484 g/mol. The summed E-state index contributed by atoms with van der Waals surface area (Å²) in [5.41, 5.74) is 0.236. The third-order valence-corrected chi connectivity index (χ3v) is 6.81. The van der Waals surface area contributed by atoms with Gasteiger partial charge in [-0.3, -0.25) is 4.79 Å². The van der Waals surface area contributed by atoms with Crippen LogP contribution in [0, 0.1) is 0 Å². The fraction of sp³-hybridized carbons (Fsp3) is 0.227. The SMILES string of the molecule is COc1ccc(S(=O)(=O)NC(C)C)cc1NC(=O)COc1ccc2ccccc2c1Br. The second-order valence-corrected chi connectivity index (χ2v) is 9.58. The lowest BCUT2D eigenvalue weighted by Crippen LogP contribution is -2.30. The fourth-order valence-corrected chi connectivity index (χ4v) is 4.87. The van der Waals surface area contributed by atoms with Gasteiger partial charge >= 0.3 is 0 Å². The Bertz CT molecular complexity index is 1210. The van der Waals surface area contributed by atoms with E-state index in [2.05, 4.69) is 26.0 Å². The predicted octanol–water partition coefficient (Wildman–Crippen LogP) is 4.32. The molecule has 0 unspecified atom stereocenters. The van der Waals surface area contributed by atoms with Crippen LogP contribution in [0.4, 0.5) is 5.69 Å². The molecule has 0 aliphatic rings. The monoisotopic (exact) mass is 506 g/mol. The fourth-order valence-electron chi connectivity index (χ4n) is 2.98. The van der Waals surface area contributed by atoms with Crippen LogP contribution in [0.5, 0.6) is 11.5 Å². The van der Waals surface area contributed by atoms with Crippen LogP contribution in [0.25, 0.3) is 10.8 Å². The number of nitrogens with one attached hydrogen (secondary N) is 2. The summed E-state index contributed by atoms with van der Waals surface area (Å²) in [6.45, 7) is 3.19. The van der Waals surface area contributed by atoms with Gasteiger partial charge in [0, 0.05) is 6.04 Å². The van der Waals surface area contributed by atoms with Crippen molar-refractivity contribution in [2.75, 3.05) is 19.0 Å². The van der Waals surface area contributed by atoms with E-state index in [0.717, 1.165) is 15.2 Å². The summed E-state index contributed by atoms with van der Waals surface area (Å²) in [4.78, 5) is 12.5. The number of methoxy groups -OCH3 is 1. The Morgan fingerprint density at radius 3 is 2.48 bits per heavy atom. The number of fused-ring (bicyclic) bond motifs is 1. The number of anilines is 1. The van der Waals surface area contributed by atoms with Crippen LogP contribution in [0.15, 0.2) is 64.0 Å². The number of sulfonamides is 1. The van der Waals surface area contributed by atoms with Gasteiger partial charge in [-0.1, -0.05) is 30.3 Å². The van der Waals surface area contributed by atoms with E-state index < -0.39 is 15.9 Å². The van der Waals surface area contributed by atoms with E-state index >= 15 is 0 Å². The lowest BCUT2D eigenvalue weighted by Gasteiger charge is -2.15. The highest BCUT2D eigenvalue weighted by Crippen LogP contribution is 2.33. The molecule has 0 spiro atoms. The second kappa shape index (κ2) is 9.67. The molecule has 0 fully saturated rings. The molecule has 3 aromatic rings. The van der Waals surface area contributed by atoms with Gasteiger partial charge in [0.05, 0.1) is 22.2 Å². The van der Waals surface area contributed by atoms with Gasteiger partial charge in [0.1, 0.15) is 11.5 Å². The first kappa shape index (κ1) is 23.1. The quantitative estimate of drug-likeness (QED) is 0.474. The van der Waals surface area contributed by atoms with Gasteiger partial charge in [0.2, 0.25) is 10.0 Å². The molecule has 164 valence electrons. The number of carbonyl (C=O) groups excluding carboxylic acids is 1. The van der Waals surface area contributed by atoms with Crippen molar-refractivity contribution < 1.29 is 22.7 Å². The van der Waals surface area contributed by atoms with Gasteiger partial charge < -0.3 is 14.8 Å². The highest BCUT2D eigenvalue weighted by molar-refractivity contribution is 9.10. The number of halogens is 1. The number of amides is 1. The maximum absolute atomic E-state index is 12.5. The molecule has 3 rings (SSSR count). The number of hydrogen-bond donors (Lipinski definition) is 2. The van der Waals surface area contributed by atoms with E-state index in [1.165, 1.54) is 25.3 Å². The lowest BCUT2D eigenvalue weighted by molar-refractivity contribution is -0.118. The number of hydrogen-bond acceptors (Lipinski definition) is 5. The van der Waals surface area contributed by atoms with Crippen LogP contribution in [0.2, 0.25) is 0 Å². The Kier molecular flexibility index (Phi) is 7.19. The summed E-state index contributed by atoms with van der Waals surface area (Å²) in [6.07, 6.45) is 0. The summed E-state index contributed by atoms with van der Waals surface area (Å²) >= 11 is 3.52. The van der Waals surface area contributed by atoms with E-state index in [9.17, 15) is 13.2 Å². The predicted molar refractivity (Wildman–Crippen MR) is 124 cm³/mol. The highest BCUT2D eigenvalue weighted by atomic mass is 79.9. The zero-order valence-corrected chi connectivity index (χ0v) is 19.7. The maximum atomic E-state index is 12.5. The zero-order chi connectivity index (χ0) is 22.6. The average Bonchev–Trinajstić information content (AvgIpc) is 2.72. The molecule has 0 radical (unpaired) electrons. The summed E-state index contributed by atoms with van der Waals surface area (Å²) < 4.78 is 39.1. The minimum absolute atomic E-state index is 0.0236. The summed E-state index contributed by atoms with van der Waals surface area (Å²) in [5.74, 6) is 0.409. The Balaban J connectivity index is 1.75. The molecule has 0 heterocycles. The van der Waals surface area contributed by atoms with Crippen molar-refractivity contribution in [3.8, 4) is 11.5 Å². The molecule has 0 atom stereocenters. The highest BCUT2D eigenvalue weighted by Gasteiger charge is 2.19. The van der Waals surface area contributed by atoms with Crippen molar-refractivity contribution in [3.63, 3.8) is 0 Å². The lowest BCUT2D eigenvalue weighted by atomic mass is 10.1. The normalized spacial score (nSPS) is 11.5. The Morgan fingerprint density at radius 2 is 1.77 bits per heavy atom. The van der Waals surface area contributed by atoms with Crippen LogP contribution < -0.4 is 19.5 Å². The first-order chi connectivity index (χ1) is 14.7. The van der Waals surface area contributed by atoms with Crippen LogP contribution in [-0.2, 0) is 14.8 Å². The minimum Gasteiger partial charge on any atom is -0.495 e. The van der Waals surface area contributed by atoms with Crippen LogP contribution >= 0.6 is 15.9 Å². The molecule has 0 aromatic heterocycles. The maximum Gasteiger partial charge on any atom is 0.262 e. The average molecular weight is 507 g/mol. The van der Waals surface area contributed by atoms with Crippen LogP contribution in [0.3, 0.4) is 0 Å². The Hall–Kier alpha value is -2.62. The molecule has 0 bridgehead atoms. The van der Waals surface area contributed by atoms with Gasteiger partial charge in [-0.2, -0.15) is 0 Å². The standard InChI is InChI=1S/C22H23BrN2O5S/c1-14(2)25-31(27,28)16-9-11-19(29-3)18(12-16)24-21(26)13-30-20-10-8-15-6-4-5-7-17(15)22(20)23/h4-12,14,25H,13H2,1-3H3,(H,24,26). The van der Waals surface area contributed by atoms with E-state index in [4.69, 9.17) is 9.47 Å². The summed E-state index contributed by atoms with van der Waals surface area (Å²) in [7, 11) is -2.28. The Labute approximate surface area is 189 Å². The van der Waals surface area contributed by atoms with Crippen LogP contribution in [0.1, 0.15) is 13.8 Å². The van der Waals surface area contributed by atoms with Gasteiger partial charge in [-0.15, -0.1) is 0 Å². The van der Waals surface area contributed by atoms with E-state index in [1.807, 2.05) is 30.3 Å². The molecule has 2 N–H and O–H groups in total. The van der Waals surface area contributed by atoms with Crippen molar-refractivity contribution in [2.24, 2.45) is 0 Å². The number of rotatable bonds is 8. The molecule has 0 aliphatic heterocycles. The smallest absolute Gasteiger partial charge is 0.262 e. The third kappa shape index (κ3) is 5.55. The van der Waals surface area contributed by atoms with Gasteiger partial charge in [0.25, 0.3) is 5.91 Å². The van der Waals surface area contributed by atoms with Gasteiger partial charge in [0.15, 0.2) is 6.61 Å². The van der Waals surface area contributed by atoms with Crippen molar-refractivity contribution in [1.29, 1.82) is 0 Å². The van der Waals surface area contributed by atoms with Crippen molar-refractivity contribution in [1.82, 2.24) is 4.72 Å². The molecule has 31 heavy (non-hydrogen) atoms. The molecule has 7 nitrogen and oxygen atoms in total. The Morgan fingerprint density at radius 1 is 1.06 bits per heavy atom. The minimum atomic E-state index is -3.72. The largest absolute Gasteiger partial charge is 0.495 e. The summed E-state index contributed by atoms with van der Waals surface area (Å²) in [6, 6.07) is 15.5. The van der Waals surface area contributed by atoms with E-state index in [0.29, 0.717) is 11.5 Å². The molecular formula is C22H23BrN2O5S. The molecule has 1 amide bonds. The molecule has 9 heteroatoms. The first-order valence-corrected chi connectivity index (χ1v) is 11.8. The topological polar surface area (TPSA) is 93.7 Å². The number of carbonyl (C=O) groups is 1. The van der Waals surface area contributed by atoms with Crippen molar-refractivity contribution >= 4 is 48.3 Å². The zero-order valence-electron chi connectivity index (χ0n) is 17.3. The van der Waals surface area contributed by atoms with E-state index in [-0.39, 0.29) is 23.2 Å².